The summed E-state index contributed by atoms with van der Waals surface area (Å²) < 4.78 is 14.0. The van der Waals surface area contributed by atoms with Crippen molar-refractivity contribution >= 4 is 21.6 Å². The zero-order valence-electron chi connectivity index (χ0n) is 11.7. The van der Waals surface area contributed by atoms with Crippen molar-refractivity contribution < 1.29 is 9.50 Å². The van der Waals surface area contributed by atoms with Gasteiger partial charge in [-0.15, -0.1) is 0 Å². The minimum Gasteiger partial charge on any atom is -0.507 e. The summed E-state index contributed by atoms with van der Waals surface area (Å²) in [6, 6.07) is 7.10. The van der Waals surface area contributed by atoms with Gasteiger partial charge in [-0.3, -0.25) is 0 Å². The van der Waals surface area contributed by atoms with Crippen molar-refractivity contribution in [3.63, 3.8) is 0 Å². The van der Waals surface area contributed by atoms with Gasteiger partial charge in [0.05, 0.1) is 4.47 Å². The van der Waals surface area contributed by atoms with Crippen LogP contribution in [0.15, 0.2) is 28.7 Å². The lowest BCUT2D eigenvalue weighted by Crippen LogP contribution is -2.02. The summed E-state index contributed by atoms with van der Waals surface area (Å²) in [6.45, 7) is 6.26. The monoisotopic (exact) mass is 337 g/mol. The van der Waals surface area contributed by atoms with E-state index in [0.717, 1.165) is 27.9 Å². The van der Waals surface area contributed by atoms with E-state index in [9.17, 15) is 9.50 Å². The number of nitrogens with one attached hydrogen (secondary N) is 1. The van der Waals surface area contributed by atoms with E-state index in [4.69, 9.17) is 0 Å². The number of phenols is 1. The summed E-state index contributed by atoms with van der Waals surface area (Å²) >= 11 is 3.17. The van der Waals surface area contributed by atoms with Gasteiger partial charge in [0.2, 0.25) is 0 Å². The lowest BCUT2D eigenvalue weighted by Gasteiger charge is -2.12. The molecule has 0 saturated heterocycles. The molecule has 0 saturated carbocycles. The number of anilines is 1. The highest BCUT2D eigenvalue weighted by molar-refractivity contribution is 9.10. The van der Waals surface area contributed by atoms with Crippen molar-refractivity contribution in [3.8, 4) is 5.75 Å². The van der Waals surface area contributed by atoms with Crippen molar-refractivity contribution in [1.29, 1.82) is 0 Å². The Bertz CT molecular complexity index is 632. The van der Waals surface area contributed by atoms with Crippen LogP contribution in [0.2, 0.25) is 0 Å². The number of phenolic OH excluding ortho intramolecular Hbond substituents is 1. The van der Waals surface area contributed by atoms with Crippen molar-refractivity contribution in [2.24, 2.45) is 0 Å². The molecule has 2 nitrogen and oxygen atoms in total. The van der Waals surface area contributed by atoms with Gasteiger partial charge in [0.15, 0.2) is 0 Å². The Morgan fingerprint density at radius 2 is 1.65 bits per heavy atom. The third-order valence-electron chi connectivity index (χ3n) is 3.30. The molecule has 0 aliphatic rings. The maximum atomic E-state index is 13.5. The topological polar surface area (TPSA) is 32.3 Å². The standard InChI is InChI=1S/C16H17BrFNO/c1-9-6-13(17)14(18)7-15(9)19-8-12-4-10(2)16(20)11(3)5-12/h4-7,19-20H,8H2,1-3H3. The molecule has 0 aliphatic heterocycles. The van der Waals surface area contributed by atoms with Crippen LogP contribution >= 0.6 is 15.9 Å². The van der Waals surface area contributed by atoms with Crippen LogP contribution in [0.1, 0.15) is 22.3 Å². The average molecular weight is 338 g/mol. The molecule has 20 heavy (non-hydrogen) atoms. The van der Waals surface area contributed by atoms with Crippen LogP contribution in [0.25, 0.3) is 0 Å². The molecule has 2 rings (SSSR count). The lowest BCUT2D eigenvalue weighted by atomic mass is 10.1. The number of benzene rings is 2. The third-order valence-corrected chi connectivity index (χ3v) is 3.91. The zero-order valence-corrected chi connectivity index (χ0v) is 13.3. The molecular formula is C16H17BrFNO. The molecule has 0 amide bonds. The van der Waals surface area contributed by atoms with Gasteiger partial charge in [0, 0.05) is 12.2 Å². The summed E-state index contributed by atoms with van der Waals surface area (Å²) in [7, 11) is 0. The van der Waals surface area contributed by atoms with E-state index in [2.05, 4.69) is 21.2 Å². The fourth-order valence-corrected chi connectivity index (χ4v) is 2.64. The molecular weight excluding hydrogens is 321 g/mol. The largest absolute Gasteiger partial charge is 0.507 e. The van der Waals surface area contributed by atoms with Crippen molar-refractivity contribution in [3.05, 3.63) is 56.8 Å². The first-order chi connectivity index (χ1) is 9.38. The van der Waals surface area contributed by atoms with Gasteiger partial charge in [-0.25, -0.2) is 4.39 Å². The quantitative estimate of drug-likeness (QED) is 0.840. The number of halogens is 2. The van der Waals surface area contributed by atoms with Crippen LogP contribution in [0.5, 0.6) is 5.75 Å². The third kappa shape index (κ3) is 3.12. The second-order valence-corrected chi connectivity index (χ2v) is 5.87. The number of hydrogen-bond donors (Lipinski definition) is 2. The Balaban J connectivity index is 2.19. The minimum absolute atomic E-state index is 0.281. The van der Waals surface area contributed by atoms with Crippen LogP contribution in [0, 0.1) is 26.6 Å². The fourth-order valence-electron chi connectivity index (χ4n) is 2.18. The Hall–Kier alpha value is -1.55. The van der Waals surface area contributed by atoms with Crippen molar-refractivity contribution in [2.75, 3.05) is 5.32 Å². The summed E-state index contributed by atoms with van der Waals surface area (Å²) in [5.41, 5.74) is 4.50. The summed E-state index contributed by atoms with van der Waals surface area (Å²) in [5, 5.41) is 13.0. The number of hydrogen-bond acceptors (Lipinski definition) is 2. The highest BCUT2D eigenvalue weighted by atomic mass is 79.9. The van der Waals surface area contributed by atoms with Crippen LogP contribution in [-0.4, -0.2) is 5.11 Å². The van der Waals surface area contributed by atoms with Gasteiger partial charge in [-0.2, -0.15) is 0 Å². The fraction of sp³-hybridized carbons (Fsp3) is 0.250. The maximum absolute atomic E-state index is 13.5. The van der Waals surface area contributed by atoms with Gasteiger partial charge in [-0.05, 0) is 71.1 Å². The second-order valence-electron chi connectivity index (χ2n) is 5.01. The molecule has 0 aromatic heterocycles. The highest BCUT2D eigenvalue weighted by Crippen LogP contribution is 2.26. The lowest BCUT2D eigenvalue weighted by molar-refractivity contribution is 0.466. The molecule has 0 spiro atoms. The molecule has 0 aliphatic carbocycles. The van der Waals surface area contributed by atoms with Gasteiger partial charge < -0.3 is 10.4 Å². The van der Waals surface area contributed by atoms with Crippen molar-refractivity contribution in [2.45, 2.75) is 27.3 Å². The normalized spacial score (nSPS) is 10.7. The molecule has 0 bridgehead atoms. The van der Waals surface area contributed by atoms with Gasteiger partial charge in [0.1, 0.15) is 11.6 Å². The molecule has 0 atom stereocenters. The SMILES string of the molecule is Cc1cc(Br)c(F)cc1NCc1cc(C)c(O)c(C)c1. The molecule has 2 N–H and O–H groups in total. The van der Waals surface area contributed by atoms with E-state index in [1.54, 1.807) is 6.07 Å². The first-order valence-corrected chi connectivity index (χ1v) is 7.16. The van der Waals surface area contributed by atoms with Crippen LogP contribution in [0.3, 0.4) is 0 Å². The first kappa shape index (κ1) is 14.9. The smallest absolute Gasteiger partial charge is 0.139 e. The van der Waals surface area contributed by atoms with Crippen molar-refractivity contribution in [1.82, 2.24) is 0 Å². The summed E-state index contributed by atoms with van der Waals surface area (Å²) in [4.78, 5) is 0. The Morgan fingerprint density at radius 3 is 2.25 bits per heavy atom. The van der Waals surface area contributed by atoms with E-state index >= 15 is 0 Å². The molecule has 0 unspecified atom stereocenters. The van der Waals surface area contributed by atoms with Gasteiger partial charge >= 0.3 is 0 Å². The zero-order chi connectivity index (χ0) is 14.9. The molecule has 0 fully saturated rings. The summed E-state index contributed by atoms with van der Waals surface area (Å²) in [6.07, 6.45) is 0. The van der Waals surface area contributed by atoms with E-state index in [1.807, 2.05) is 32.9 Å². The number of aryl methyl sites for hydroxylation is 3. The molecule has 106 valence electrons. The Morgan fingerprint density at radius 1 is 1.05 bits per heavy atom. The van der Waals surface area contributed by atoms with E-state index in [1.165, 1.54) is 6.07 Å². The van der Waals surface area contributed by atoms with E-state index in [-0.39, 0.29) is 5.82 Å². The molecule has 2 aromatic carbocycles. The first-order valence-electron chi connectivity index (χ1n) is 6.37. The minimum atomic E-state index is -0.281. The van der Waals surface area contributed by atoms with Gasteiger partial charge in [0.25, 0.3) is 0 Å². The Kier molecular flexibility index (Phi) is 4.33. The molecule has 0 radical (unpaired) electrons. The number of aromatic hydroxyl groups is 1. The van der Waals surface area contributed by atoms with E-state index < -0.39 is 0 Å². The molecule has 4 heteroatoms. The van der Waals surface area contributed by atoms with Crippen LogP contribution in [-0.2, 0) is 6.54 Å². The predicted octanol–water partition coefficient (Wildman–Crippen LogP) is 4.83. The molecule has 2 aromatic rings. The maximum Gasteiger partial charge on any atom is 0.139 e. The second kappa shape index (κ2) is 5.83. The average Bonchev–Trinajstić information content (AvgIpc) is 2.38. The highest BCUT2D eigenvalue weighted by Gasteiger charge is 2.07. The molecule has 0 heterocycles. The van der Waals surface area contributed by atoms with E-state index in [0.29, 0.717) is 16.8 Å². The van der Waals surface area contributed by atoms with Crippen LogP contribution < -0.4 is 5.32 Å². The summed E-state index contributed by atoms with van der Waals surface area (Å²) in [5.74, 6) is 0.0517. The van der Waals surface area contributed by atoms with Crippen LogP contribution in [0.4, 0.5) is 10.1 Å². The van der Waals surface area contributed by atoms with Gasteiger partial charge in [-0.1, -0.05) is 12.1 Å². The number of rotatable bonds is 3. The Labute approximate surface area is 126 Å². The predicted molar refractivity (Wildman–Crippen MR) is 83.7 cm³/mol.